The Morgan fingerprint density at radius 3 is 2.26 bits per heavy atom. The molecular formula is C22H29N3O5S. The van der Waals surface area contributed by atoms with Gasteiger partial charge in [-0.05, 0) is 57.9 Å². The summed E-state index contributed by atoms with van der Waals surface area (Å²) in [5.74, 6) is 0.817. The van der Waals surface area contributed by atoms with E-state index in [4.69, 9.17) is 9.47 Å². The van der Waals surface area contributed by atoms with Gasteiger partial charge in [-0.1, -0.05) is 0 Å². The molecule has 1 aromatic heterocycles. The van der Waals surface area contributed by atoms with E-state index in [0.717, 1.165) is 18.5 Å². The van der Waals surface area contributed by atoms with Gasteiger partial charge in [0.2, 0.25) is 0 Å². The summed E-state index contributed by atoms with van der Waals surface area (Å²) in [7, 11) is -3.23. The molecular weight excluding hydrogens is 418 g/mol. The van der Waals surface area contributed by atoms with Crippen LogP contribution in [0.5, 0.6) is 5.75 Å². The van der Waals surface area contributed by atoms with Crippen molar-refractivity contribution in [3.05, 3.63) is 48.0 Å². The first-order chi connectivity index (χ1) is 14.5. The van der Waals surface area contributed by atoms with Crippen LogP contribution >= 0.6 is 0 Å². The number of hydrogen-bond donors (Lipinski definition) is 0. The maximum Gasteiger partial charge on any atom is 0.410 e. The summed E-state index contributed by atoms with van der Waals surface area (Å²) in [6.45, 7) is 7.10. The molecule has 1 fully saturated rings. The molecule has 0 spiro atoms. The number of sulfone groups is 1. The van der Waals surface area contributed by atoms with Crippen molar-refractivity contribution in [1.82, 2.24) is 14.9 Å². The fourth-order valence-electron chi connectivity index (χ4n) is 3.27. The minimum Gasteiger partial charge on any atom is -0.487 e. The van der Waals surface area contributed by atoms with Crippen molar-refractivity contribution < 1.29 is 22.7 Å². The molecule has 0 unspecified atom stereocenters. The van der Waals surface area contributed by atoms with Crippen molar-refractivity contribution in [3.8, 4) is 5.75 Å². The van der Waals surface area contributed by atoms with Gasteiger partial charge in [0.25, 0.3) is 0 Å². The van der Waals surface area contributed by atoms with E-state index in [1.807, 2.05) is 20.8 Å². The molecule has 3 rings (SSSR count). The van der Waals surface area contributed by atoms with Crippen LogP contribution in [-0.4, -0.2) is 54.3 Å². The third-order valence-electron chi connectivity index (χ3n) is 4.93. The second kappa shape index (κ2) is 9.21. The molecule has 1 amide bonds. The number of benzene rings is 1. The third kappa shape index (κ3) is 6.65. The lowest BCUT2D eigenvalue weighted by Crippen LogP contribution is -2.41. The zero-order valence-electron chi connectivity index (χ0n) is 18.4. The van der Waals surface area contributed by atoms with Crippen LogP contribution in [0.25, 0.3) is 0 Å². The fraction of sp³-hybridized carbons (Fsp3) is 0.500. The Balaban J connectivity index is 1.50. The molecule has 2 aromatic rings. The van der Waals surface area contributed by atoms with Crippen molar-refractivity contribution in [2.24, 2.45) is 0 Å². The van der Waals surface area contributed by atoms with Crippen molar-refractivity contribution in [2.45, 2.75) is 56.6 Å². The second-order valence-electron chi connectivity index (χ2n) is 8.71. The van der Waals surface area contributed by atoms with Gasteiger partial charge in [-0.2, -0.15) is 0 Å². The molecule has 1 aliphatic rings. The number of aromatic nitrogens is 2. The highest BCUT2D eigenvalue weighted by Crippen LogP contribution is 2.27. The van der Waals surface area contributed by atoms with Crippen LogP contribution < -0.4 is 4.74 Å². The van der Waals surface area contributed by atoms with Gasteiger partial charge in [0.15, 0.2) is 9.84 Å². The molecule has 0 saturated carbocycles. The Hall–Kier alpha value is -2.68. The van der Waals surface area contributed by atoms with Crippen molar-refractivity contribution >= 4 is 15.9 Å². The number of hydrogen-bond acceptors (Lipinski definition) is 7. The van der Waals surface area contributed by atoms with Gasteiger partial charge < -0.3 is 14.4 Å². The Morgan fingerprint density at radius 2 is 1.74 bits per heavy atom. The van der Waals surface area contributed by atoms with Crippen molar-refractivity contribution in [1.29, 1.82) is 0 Å². The lowest BCUT2D eigenvalue weighted by molar-refractivity contribution is 0.0204. The average molecular weight is 448 g/mol. The number of ether oxygens (including phenoxy) is 2. The summed E-state index contributed by atoms with van der Waals surface area (Å²) < 4.78 is 34.1. The van der Waals surface area contributed by atoms with Crippen LogP contribution in [0, 0.1) is 0 Å². The molecule has 1 aliphatic heterocycles. The quantitative estimate of drug-likeness (QED) is 0.691. The SMILES string of the molecule is CC(C)(C)OC(=O)N1CCC(c2cnc(COc3ccc(S(C)(=O)=O)cc3)cn2)CC1. The molecule has 31 heavy (non-hydrogen) atoms. The van der Waals surface area contributed by atoms with E-state index >= 15 is 0 Å². The van der Waals surface area contributed by atoms with E-state index in [2.05, 4.69) is 9.97 Å². The van der Waals surface area contributed by atoms with Crippen LogP contribution in [0.15, 0.2) is 41.6 Å². The van der Waals surface area contributed by atoms with Crippen molar-refractivity contribution in [2.75, 3.05) is 19.3 Å². The van der Waals surface area contributed by atoms with Gasteiger partial charge in [0, 0.05) is 31.5 Å². The summed E-state index contributed by atoms with van der Waals surface area (Å²) in [6, 6.07) is 6.28. The summed E-state index contributed by atoms with van der Waals surface area (Å²) in [5, 5.41) is 0. The normalized spacial score (nSPS) is 15.5. The van der Waals surface area contributed by atoms with E-state index in [1.54, 1.807) is 29.4 Å². The number of piperidine rings is 1. The van der Waals surface area contributed by atoms with Crippen LogP contribution in [0.4, 0.5) is 4.79 Å². The molecule has 168 valence electrons. The third-order valence-corrected chi connectivity index (χ3v) is 6.06. The number of carbonyl (C=O) groups excluding carboxylic acids is 1. The minimum atomic E-state index is -3.23. The highest BCUT2D eigenvalue weighted by Gasteiger charge is 2.28. The number of likely N-dealkylation sites (tertiary alicyclic amines) is 1. The van der Waals surface area contributed by atoms with E-state index in [1.165, 1.54) is 18.4 Å². The van der Waals surface area contributed by atoms with Gasteiger partial charge in [-0.25, -0.2) is 13.2 Å². The summed E-state index contributed by atoms with van der Waals surface area (Å²) in [4.78, 5) is 23.2. The van der Waals surface area contributed by atoms with Crippen LogP contribution in [0.3, 0.4) is 0 Å². The summed E-state index contributed by atoms with van der Waals surface area (Å²) in [5.41, 5.74) is 1.10. The molecule has 9 heteroatoms. The molecule has 2 heterocycles. The highest BCUT2D eigenvalue weighted by atomic mass is 32.2. The molecule has 0 radical (unpaired) electrons. The van der Waals surface area contributed by atoms with Crippen LogP contribution in [0.1, 0.15) is 50.9 Å². The smallest absolute Gasteiger partial charge is 0.410 e. The first kappa shape index (κ1) is 23.0. The molecule has 0 bridgehead atoms. The molecule has 1 saturated heterocycles. The van der Waals surface area contributed by atoms with Crippen LogP contribution in [0.2, 0.25) is 0 Å². The zero-order valence-corrected chi connectivity index (χ0v) is 19.2. The lowest BCUT2D eigenvalue weighted by atomic mass is 9.94. The topological polar surface area (TPSA) is 98.7 Å². The number of rotatable bonds is 5. The van der Waals surface area contributed by atoms with Gasteiger partial charge in [-0.15, -0.1) is 0 Å². The minimum absolute atomic E-state index is 0.239. The van der Waals surface area contributed by atoms with Crippen molar-refractivity contribution in [3.63, 3.8) is 0 Å². The maximum atomic E-state index is 12.2. The van der Waals surface area contributed by atoms with Crippen LogP contribution in [-0.2, 0) is 21.2 Å². The first-order valence-electron chi connectivity index (χ1n) is 10.2. The average Bonchev–Trinajstić information content (AvgIpc) is 2.71. The van der Waals surface area contributed by atoms with E-state index in [-0.39, 0.29) is 23.5 Å². The Bertz CT molecular complexity index is 991. The zero-order chi connectivity index (χ0) is 22.6. The number of carbonyl (C=O) groups is 1. The number of amides is 1. The molecule has 0 atom stereocenters. The number of nitrogens with zero attached hydrogens (tertiary/aromatic N) is 3. The Morgan fingerprint density at radius 1 is 1.10 bits per heavy atom. The van der Waals surface area contributed by atoms with E-state index in [0.29, 0.717) is 24.5 Å². The van der Waals surface area contributed by atoms with Gasteiger partial charge >= 0.3 is 6.09 Å². The lowest BCUT2D eigenvalue weighted by Gasteiger charge is -2.33. The summed E-state index contributed by atoms with van der Waals surface area (Å²) >= 11 is 0. The fourth-order valence-corrected chi connectivity index (χ4v) is 3.91. The Kier molecular flexibility index (Phi) is 6.83. The molecule has 0 N–H and O–H groups in total. The monoisotopic (exact) mass is 447 g/mol. The predicted octanol–water partition coefficient (Wildman–Crippen LogP) is 3.57. The molecule has 0 aliphatic carbocycles. The molecule has 1 aromatic carbocycles. The van der Waals surface area contributed by atoms with Gasteiger partial charge in [-0.3, -0.25) is 9.97 Å². The van der Waals surface area contributed by atoms with E-state index < -0.39 is 15.4 Å². The maximum absolute atomic E-state index is 12.2. The van der Waals surface area contributed by atoms with Gasteiger partial charge in [0.1, 0.15) is 18.0 Å². The predicted molar refractivity (Wildman–Crippen MR) is 116 cm³/mol. The standard InChI is InChI=1S/C22H29N3O5S/c1-22(2,3)30-21(26)25-11-9-16(10-12-25)20-14-23-17(13-24-20)15-29-18-5-7-19(8-6-18)31(4,27)28/h5-8,13-14,16H,9-12,15H2,1-4H3. The highest BCUT2D eigenvalue weighted by molar-refractivity contribution is 7.90. The van der Waals surface area contributed by atoms with Gasteiger partial charge in [0.05, 0.1) is 22.5 Å². The van der Waals surface area contributed by atoms with E-state index in [9.17, 15) is 13.2 Å². The summed E-state index contributed by atoms with van der Waals surface area (Å²) in [6.07, 6.45) is 5.99. The second-order valence-corrected chi connectivity index (χ2v) is 10.7. The molecule has 8 nitrogen and oxygen atoms in total. The first-order valence-corrected chi connectivity index (χ1v) is 12.1. The Labute approximate surface area is 183 Å². The largest absolute Gasteiger partial charge is 0.487 e.